The first-order valence-electron chi connectivity index (χ1n) is 6.64. The van der Waals surface area contributed by atoms with Crippen molar-refractivity contribution >= 4 is 38.2 Å². The number of methoxy groups -OCH3 is 1. The fourth-order valence-corrected chi connectivity index (χ4v) is 2.69. The lowest BCUT2D eigenvalue weighted by molar-refractivity contribution is 0.417. The third kappa shape index (κ3) is 2.85. The van der Waals surface area contributed by atoms with Gasteiger partial charge in [-0.3, -0.25) is 4.98 Å². The van der Waals surface area contributed by atoms with Crippen molar-refractivity contribution in [1.82, 2.24) is 4.98 Å². The number of nitrogens with one attached hydrogen (secondary N) is 1. The highest BCUT2D eigenvalue weighted by Crippen LogP contribution is 2.32. The second-order valence-corrected chi connectivity index (χ2v) is 5.71. The quantitative estimate of drug-likeness (QED) is 0.722. The molecule has 106 valence electrons. The summed E-state index contributed by atoms with van der Waals surface area (Å²) in [5.74, 6) is 0.815. The van der Waals surface area contributed by atoms with Crippen LogP contribution in [-0.2, 0) is 0 Å². The second kappa shape index (κ2) is 5.74. The Morgan fingerprint density at radius 2 is 1.86 bits per heavy atom. The summed E-state index contributed by atoms with van der Waals surface area (Å²) in [5.41, 5.74) is 3.90. The summed E-state index contributed by atoms with van der Waals surface area (Å²) in [6.07, 6.45) is 0. The van der Waals surface area contributed by atoms with Gasteiger partial charge in [-0.25, -0.2) is 0 Å². The number of aromatic nitrogens is 1. The van der Waals surface area contributed by atoms with Gasteiger partial charge in [-0.2, -0.15) is 0 Å². The van der Waals surface area contributed by atoms with E-state index in [9.17, 15) is 0 Å². The zero-order chi connectivity index (χ0) is 14.8. The average Bonchev–Trinajstić information content (AvgIpc) is 2.48. The number of hydrogen-bond donors (Lipinski definition) is 1. The summed E-state index contributed by atoms with van der Waals surface area (Å²) in [4.78, 5) is 4.57. The van der Waals surface area contributed by atoms with Crippen molar-refractivity contribution in [1.29, 1.82) is 0 Å². The highest BCUT2D eigenvalue weighted by atomic mass is 79.9. The molecular formula is C17H15BrN2O. The summed E-state index contributed by atoms with van der Waals surface area (Å²) in [5, 5.41) is 4.52. The summed E-state index contributed by atoms with van der Waals surface area (Å²) in [6.45, 7) is 1.99. The van der Waals surface area contributed by atoms with Gasteiger partial charge in [0.15, 0.2) is 0 Å². The number of nitrogens with zero attached hydrogens (tertiary/aromatic N) is 1. The Bertz CT molecular complexity index is 802. The van der Waals surface area contributed by atoms with Crippen LogP contribution >= 0.6 is 15.9 Å². The molecule has 0 amide bonds. The zero-order valence-corrected chi connectivity index (χ0v) is 13.4. The van der Waals surface area contributed by atoms with Crippen molar-refractivity contribution in [2.45, 2.75) is 6.92 Å². The van der Waals surface area contributed by atoms with Crippen molar-refractivity contribution in [2.24, 2.45) is 0 Å². The van der Waals surface area contributed by atoms with E-state index in [2.05, 4.69) is 32.3 Å². The van der Waals surface area contributed by atoms with Gasteiger partial charge >= 0.3 is 0 Å². The maximum atomic E-state index is 5.40. The molecule has 3 nitrogen and oxygen atoms in total. The standard InChI is InChI=1S/C17H15BrN2O/c1-11-9-16(13-10-12(18)7-8-14(13)19-11)20-15-5-3-4-6-17(15)21-2/h3-10H,1-2H3,(H,19,20). The van der Waals surface area contributed by atoms with Gasteiger partial charge in [0, 0.05) is 21.2 Å². The number of para-hydroxylation sites is 2. The molecule has 0 atom stereocenters. The Morgan fingerprint density at radius 1 is 1.05 bits per heavy atom. The van der Waals surface area contributed by atoms with Gasteiger partial charge in [0.1, 0.15) is 5.75 Å². The minimum atomic E-state index is 0.815. The van der Waals surface area contributed by atoms with Crippen LogP contribution in [0.15, 0.2) is 53.0 Å². The fraction of sp³-hybridized carbons (Fsp3) is 0.118. The van der Waals surface area contributed by atoms with Crippen LogP contribution in [0.5, 0.6) is 5.75 Å². The Labute approximate surface area is 132 Å². The number of anilines is 2. The molecule has 0 aliphatic rings. The van der Waals surface area contributed by atoms with E-state index in [1.165, 1.54) is 0 Å². The third-order valence-corrected chi connectivity index (χ3v) is 3.77. The van der Waals surface area contributed by atoms with Crippen LogP contribution in [0.25, 0.3) is 10.9 Å². The molecule has 0 bridgehead atoms. The van der Waals surface area contributed by atoms with Crippen LogP contribution in [-0.4, -0.2) is 12.1 Å². The van der Waals surface area contributed by atoms with Crippen LogP contribution < -0.4 is 10.1 Å². The van der Waals surface area contributed by atoms with Crippen molar-refractivity contribution < 1.29 is 4.74 Å². The number of benzene rings is 2. The predicted molar refractivity (Wildman–Crippen MR) is 90.5 cm³/mol. The first kappa shape index (κ1) is 13.9. The molecule has 0 unspecified atom stereocenters. The molecule has 2 aromatic carbocycles. The number of rotatable bonds is 3. The van der Waals surface area contributed by atoms with Gasteiger partial charge in [-0.1, -0.05) is 28.1 Å². The molecule has 21 heavy (non-hydrogen) atoms. The van der Waals surface area contributed by atoms with Crippen molar-refractivity contribution in [3.05, 3.63) is 58.7 Å². The average molecular weight is 343 g/mol. The van der Waals surface area contributed by atoms with Crippen LogP contribution in [0.3, 0.4) is 0 Å². The maximum absolute atomic E-state index is 5.40. The van der Waals surface area contributed by atoms with E-state index in [0.29, 0.717) is 0 Å². The van der Waals surface area contributed by atoms with E-state index >= 15 is 0 Å². The minimum absolute atomic E-state index is 0.815. The number of halogens is 1. The van der Waals surface area contributed by atoms with E-state index in [1.807, 2.05) is 49.4 Å². The fourth-order valence-electron chi connectivity index (χ4n) is 2.33. The number of aryl methyl sites for hydroxylation is 1. The second-order valence-electron chi connectivity index (χ2n) is 4.80. The van der Waals surface area contributed by atoms with Crippen LogP contribution in [0, 0.1) is 6.92 Å². The van der Waals surface area contributed by atoms with Gasteiger partial charge in [0.25, 0.3) is 0 Å². The van der Waals surface area contributed by atoms with Crippen molar-refractivity contribution in [2.75, 3.05) is 12.4 Å². The number of hydrogen-bond acceptors (Lipinski definition) is 3. The minimum Gasteiger partial charge on any atom is -0.495 e. The SMILES string of the molecule is COc1ccccc1Nc1cc(C)nc2ccc(Br)cc12. The van der Waals surface area contributed by atoms with Crippen molar-refractivity contribution in [3.63, 3.8) is 0 Å². The summed E-state index contributed by atoms with van der Waals surface area (Å²) >= 11 is 3.52. The molecular weight excluding hydrogens is 328 g/mol. The Balaban J connectivity index is 2.13. The monoisotopic (exact) mass is 342 g/mol. The summed E-state index contributed by atoms with van der Waals surface area (Å²) in [6, 6.07) is 16.0. The zero-order valence-electron chi connectivity index (χ0n) is 11.9. The number of ether oxygens (including phenoxy) is 1. The molecule has 0 saturated carbocycles. The largest absolute Gasteiger partial charge is 0.495 e. The van der Waals surface area contributed by atoms with Crippen LogP contribution in [0.4, 0.5) is 11.4 Å². The molecule has 0 aliphatic carbocycles. The Kier molecular flexibility index (Phi) is 3.80. The summed E-state index contributed by atoms with van der Waals surface area (Å²) < 4.78 is 6.43. The number of fused-ring (bicyclic) bond motifs is 1. The van der Waals surface area contributed by atoms with E-state index in [4.69, 9.17) is 4.74 Å². The van der Waals surface area contributed by atoms with Gasteiger partial charge in [0.2, 0.25) is 0 Å². The van der Waals surface area contributed by atoms with Gasteiger partial charge < -0.3 is 10.1 Å². The molecule has 0 aliphatic heterocycles. The lowest BCUT2D eigenvalue weighted by atomic mass is 10.1. The molecule has 1 aromatic heterocycles. The summed E-state index contributed by atoms with van der Waals surface area (Å²) in [7, 11) is 1.67. The van der Waals surface area contributed by atoms with Gasteiger partial charge in [-0.15, -0.1) is 0 Å². The molecule has 0 radical (unpaired) electrons. The topological polar surface area (TPSA) is 34.1 Å². The Hall–Kier alpha value is -2.07. The predicted octanol–water partition coefficient (Wildman–Crippen LogP) is 5.06. The van der Waals surface area contributed by atoms with E-state index in [1.54, 1.807) is 7.11 Å². The molecule has 0 saturated heterocycles. The van der Waals surface area contributed by atoms with E-state index < -0.39 is 0 Å². The normalized spacial score (nSPS) is 10.6. The van der Waals surface area contributed by atoms with Crippen molar-refractivity contribution in [3.8, 4) is 5.75 Å². The molecule has 0 fully saturated rings. The maximum Gasteiger partial charge on any atom is 0.142 e. The molecule has 3 rings (SSSR count). The van der Waals surface area contributed by atoms with Crippen LogP contribution in [0.2, 0.25) is 0 Å². The van der Waals surface area contributed by atoms with Crippen LogP contribution in [0.1, 0.15) is 5.69 Å². The first-order chi connectivity index (χ1) is 10.2. The number of pyridine rings is 1. The lowest BCUT2D eigenvalue weighted by Crippen LogP contribution is -1.97. The lowest BCUT2D eigenvalue weighted by Gasteiger charge is -2.13. The third-order valence-electron chi connectivity index (χ3n) is 3.28. The molecule has 1 N–H and O–H groups in total. The van der Waals surface area contributed by atoms with Gasteiger partial charge in [-0.05, 0) is 43.3 Å². The smallest absolute Gasteiger partial charge is 0.142 e. The highest BCUT2D eigenvalue weighted by Gasteiger charge is 2.08. The molecule has 0 spiro atoms. The first-order valence-corrected chi connectivity index (χ1v) is 7.43. The highest BCUT2D eigenvalue weighted by molar-refractivity contribution is 9.10. The molecule has 4 heteroatoms. The van der Waals surface area contributed by atoms with E-state index in [-0.39, 0.29) is 0 Å². The molecule has 3 aromatic rings. The molecule has 1 heterocycles. The Morgan fingerprint density at radius 3 is 2.67 bits per heavy atom. The van der Waals surface area contributed by atoms with Gasteiger partial charge in [0.05, 0.1) is 18.3 Å². The van der Waals surface area contributed by atoms with E-state index in [0.717, 1.165) is 38.2 Å².